The molecule has 0 radical (unpaired) electrons. The van der Waals surface area contributed by atoms with Gasteiger partial charge in [-0.1, -0.05) is 24.9 Å². The van der Waals surface area contributed by atoms with Crippen LogP contribution in [0.3, 0.4) is 0 Å². The number of benzene rings is 1. The number of piperidine rings is 1. The molecule has 2 fully saturated rings. The van der Waals surface area contributed by atoms with Gasteiger partial charge in [-0.2, -0.15) is 0 Å². The lowest BCUT2D eigenvalue weighted by molar-refractivity contribution is -0.937. The maximum atomic E-state index is 6.13. The first-order valence-corrected chi connectivity index (χ1v) is 11.0. The van der Waals surface area contributed by atoms with E-state index in [1.807, 2.05) is 18.2 Å². The van der Waals surface area contributed by atoms with E-state index in [2.05, 4.69) is 24.2 Å². The van der Waals surface area contributed by atoms with E-state index in [1.165, 1.54) is 38.5 Å². The highest BCUT2D eigenvalue weighted by atomic mass is 35.5. The molecule has 3 atom stereocenters. The number of likely N-dealkylation sites (tertiary alicyclic amines) is 1. The van der Waals surface area contributed by atoms with E-state index >= 15 is 0 Å². The van der Waals surface area contributed by atoms with E-state index in [0.29, 0.717) is 5.02 Å². The molecule has 3 unspecified atom stereocenters. The molecule has 1 saturated carbocycles. The second-order valence-electron chi connectivity index (χ2n) is 8.15. The van der Waals surface area contributed by atoms with Gasteiger partial charge in [-0.3, -0.25) is 0 Å². The molecular formula is C21H33ClN3OS+. The molecular weight excluding hydrogens is 378 g/mol. The van der Waals surface area contributed by atoms with Crippen LogP contribution in [-0.2, 0) is 0 Å². The summed E-state index contributed by atoms with van der Waals surface area (Å²) in [5.74, 6) is 1.61. The lowest BCUT2D eigenvalue weighted by Gasteiger charge is -2.41. The van der Waals surface area contributed by atoms with Gasteiger partial charge in [0.1, 0.15) is 5.75 Å². The molecule has 0 spiro atoms. The summed E-state index contributed by atoms with van der Waals surface area (Å²) in [7, 11) is 4.08. The maximum Gasteiger partial charge on any atom is 0.173 e. The molecule has 1 aromatic carbocycles. The second kappa shape index (κ2) is 9.44. The highest BCUT2D eigenvalue weighted by molar-refractivity contribution is 7.80. The van der Waals surface area contributed by atoms with Gasteiger partial charge >= 0.3 is 0 Å². The van der Waals surface area contributed by atoms with Crippen molar-refractivity contribution in [1.82, 2.24) is 4.90 Å². The monoisotopic (exact) mass is 410 g/mol. The molecule has 150 valence electrons. The predicted molar refractivity (Wildman–Crippen MR) is 117 cm³/mol. The Bertz CT molecular complexity index is 648. The topological polar surface area (TPSA) is 28.9 Å². The molecule has 27 heavy (non-hydrogen) atoms. The molecule has 1 aliphatic heterocycles. The third-order valence-electron chi connectivity index (χ3n) is 6.53. The number of ether oxygens (including phenoxy) is 1. The Morgan fingerprint density at radius 2 is 1.93 bits per heavy atom. The molecule has 1 saturated heterocycles. The Morgan fingerprint density at radius 1 is 1.22 bits per heavy atom. The van der Waals surface area contributed by atoms with Crippen molar-refractivity contribution in [2.45, 2.75) is 57.5 Å². The van der Waals surface area contributed by atoms with Crippen LogP contribution < -0.4 is 15.0 Å². The van der Waals surface area contributed by atoms with Crippen LogP contribution in [0.1, 0.15) is 45.4 Å². The van der Waals surface area contributed by atoms with Gasteiger partial charge in [-0.15, -0.1) is 0 Å². The number of hydrogen-bond acceptors (Lipinski definition) is 2. The Balaban J connectivity index is 1.54. The summed E-state index contributed by atoms with van der Waals surface area (Å²) in [6.07, 6.45) is 8.00. The van der Waals surface area contributed by atoms with E-state index in [0.717, 1.165) is 47.6 Å². The number of thiocarbonyl (C=S) groups is 1. The zero-order chi connectivity index (χ0) is 19.4. The van der Waals surface area contributed by atoms with Gasteiger partial charge in [-0.05, 0) is 49.7 Å². The van der Waals surface area contributed by atoms with E-state index < -0.39 is 0 Å². The Hall–Kier alpha value is -1.04. The zero-order valence-corrected chi connectivity index (χ0v) is 18.3. The second-order valence-corrected chi connectivity index (χ2v) is 8.97. The molecule has 4 nitrogen and oxygen atoms in total. The van der Waals surface area contributed by atoms with E-state index in [9.17, 15) is 0 Å². The summed E-state index contributed by atoms with van der Waals surface area (Å²) in [4.78, 5) is 4.03. The van der Waals surface area contributed by atoms with Gasteiger partial charge in [0.25, 0.3) is 0 Å². The van der Waals surface area contributed by atoms with Crippen molar-refractivity contribution in [3.8, 4) is 5.75 Å². The van der Waals surface area contributed by atoms with Crippen LogP contribution >= 0.6 is 23.8 Å². The Labute approximate surface area is 174 Å². The summed E-state index contributed by atoms with van der Waals surface area (Å²) in [5.41, 5.74) is 0.830. The number of halogens is 1. The third-order valence-corrected chi connectivity index (χ3v) is 7.12. The van der Waals surface area contributed by atoms with E-state index in [4.69, 9.17) is 28.6 Å². The zero-order valence-electron chi connectivity index (χ0n) is 16.8. The van der Waals surface area contributed by atoms with Crippen molar-refractivity contribution in [3.63, 3.8) is 0 Å². The molecule has 1 aliphatic carbocycles. The lowest BCUT2D eigenvalue weighted by atomic mass is 9.84. The van der Waals surface area contributed by atoms with Crippen molar-refractivity contribution < 1.29 is 9.64 Å². The molecule has 3 rings (SSSR count). The fraction of sp³-hybridized carbons (Fsp3) is 0.667. The molecule has 6 heteroatoms. The highest BCUT2D eigenvalue weighted by Gasteiger charge is 2.35. The van der Waals surface area contributed by atoms with Crippen LogP contribution in [-0.4, -0.2) is 49.3 Å². The lowest BCUT2D eigenvalue weighted by Crippen LogP contribution is -3.17. The van der Waals surface area contributed by atoms with Crippen molar-refractivity contribution >= 4 is 34.6 Å². The molecule has 0 bridgehead atoms. The van der Waals surface area contributed by atoms with Crippen LogP contribution in [0, 0.1) is 5.92 Å². The van der Waals surface area contributed by atoms with Gasteiger partial charge in [0, 0.05) is 36.9 Å². The van der Waals surface area contributed by atoms with Crippen molar-refractivity contribution in [2.24, 2.45) is 5.92 Å². The van der Waals surface area contributed by atoms with Crippen LogP contribution in [0.5, 0.6) is 5.75 Å². The number of hydrogen-bond donors (Lipinski definition) is 2. The number of quaternary nitrogens is 1. The minimum atomic E-state index is 0.673. The molecule has 0 amide bonds. The molecule has 2 N–H and O–H groups in total. The molecule has 1 aromatic rings. The maximum absolute atomic E-state index is 6.13. The average Bonchev–Trinajstić information content (AvgIpc) is 2.68. The Kier molecular flexibility index (Phi) is 7.23. The van der Waals surface area contributed by atoms with Gasteiger partial charge in [0.15, 0.2) is 5.11 Å². The van der Waals surface area contributed by atoms with Crippen LogP contribution in [0.4, 0.5) is 5.69 Å². The first kappa shape index (κ1) is 20.7. The standard InChI is InChI=1S/C21H32ClN3OS/c1-15-6-4-5-7-19(15)24(2)17-10-12-25(13-11-17)21(27)23-18-14-16(22)8-9-20(18)26-3/h8-9,14-15,17,19H,4-7,10-13H2,1-3H3,(H,23,27)/p+1. The number of rotatable bonds is 4. The summed E-state index contributed by atoms with van der Waals surface area (Å²) >= 11 is 11.8. The predicted octanol–water partition coefficient (Wildman–Crippen LogP) is 3.60. The SMILES string of the molecule is COc1ccc(Cl)cc1NC(=S)N1CCC([NH+](C)C2CCCCC2C)CC1. The van der Waals surface area contributed by atoms with Gasteiger partial charge < -0.3 is 19.9 Å². The van der Waals surface area contributed by atoms with Crippen molar-refractivity contribution in [2.75, 3.05) is 32.6 Å². The fourth-order valence-corrected chi connectivity index (χ4v) is 5.27. The van der Waals surface area contributed by atoms with Gasteiger partial charge in [-0.25, -0.2) is 0 Å². The van der Waals surface area contributed by atoms with Gasteiger partial charge in [0.05, 0.1) is 31.9 Å². The molecule has 1 heterocycles. The highest BCUT2D eigenvalue weighted by Crippen LogP contribution is 2.28. The summed E-state index contributed by atoms with van der Waals surface area (Å²) in [6, 6.07) is 7.13. The number of nitrogens with zero attached hydrogens (tertiary/aromatic N) is 1. The normalized spacial score (nSPS) is 25.1. The molecule has 2 aliphatic rings. The van der Waals surface area contributed by atoms with E-state index in [-0.39, 0.29) is 0 Å². The average molecular weight is 411 g/mol. The first-order valence-electron chi connectivity index (χ1n) is 10.2. The summed E-state index contributed by atoms with van der Waals surface area (Å²) < 4.78 is 5.41. The quantitative estimate of drug-likeness (QED) is 0.742. The minimum absolute atomic E-state index is 0.673. The number of methoxy groups -OCH3 is 1. The van der Waals surface area contributed by atoms with Crippen LogP contribution in [0.25, 0.3) is 0 Å². The number of nitrogens with one attached hydrogen (secondary N) is 2. The molecule has 0 aromatic heterocycles. The van der Waals surface area contributed by atoms with Crippen molar-refractivity contribution in [3.05, 3.63) is 23.2 Å². The number of anilines is 1. The van der Waals surface area contributed by atoms with E-state index in [1.54, 1.807) is 12.0 Å². The first-order chi connectivity index (χ1) is 13.0. The summed E-state index contributed by atoms with van der Waals surface area (Å²) in [5, 5.41) is 4.76. The van der Waals surface area contributed by atoms with Crippen LogP contribution in [0.15, 0.2) is 18.2 Å². The third kappa shape index (κ3) is 5.07. The minimum Gasteiger partial charge on any atom is -0.495 e. The Morgan fingerprint density at radius 3 is 2.59 bits per heavy atom. The van der Waals surface area contributed by atoms with Crippen molar-refractivity contribution in [1.29, 1.82) is 0 Å². The fourth-order valence-electron chi connectivity index (χ4n) is 4.81. The van der Waals surface area contributed by atoms with Gasteiger partial charge in [0.2, 0.25) is 0 Å². The largest absolute Gasteiger partial charge is 0.495 e. The van der Waals surface area contributed by atoms with Crippen LogP contribution in [0.2, 0.25) is 5.02 Å². The smallest absolute Gasteiger partial charge is 0.173 e. The summed E-state index contributed by atoms with van der Waals surface area (Å²) in [6.45, 7) is 4.47.